The van der Waals surface area contributed by atoms with Crippen molar-refractivity contribution in [2.75, 3.05) is 32.8 Å². The van der Waals surface area contributed by atoms with Crippen LogP contribution in [0.25, 0.3) is 0 Å². The standard InChI is InChI=1S/C15H27N3O3/c1-3-21-15(20)16-13-7-6-10-18(11-13)12(2)14(19)17-8-4-5-9-17/h12-13H,3-11H2,1-2H3,(H,16,20). The number of hydrogen-bond donors (Lipinski definition) is 1. The minimum absolute atomic E-state index is 0.0756. The molecule has 6 heteroatoms. The van der Waals surface area contributed by atoms with Crippen LogP contribution in [-0.2, 0) is 9.53 Å². The summed E-state index contributed by atoms with van der Waals surface area (Å²) in [5.74, 6) is 0.226. The summed E-state index contributed by atoms with van der Waals surface area (Å²) in [6.45, 7) is 7.58. The fraction of sp³-hybridized carbons (Fsp3) is 0.867. The lowest BCUT2D eigenvalue weighted by atomic mass is 10.0. The van der Waals surface area contributed by atoms with Crippen LogP contribution in [0.5, 0.6) is 0 Å². The number of amides is 2. The number of ether oxygens (including phenoxy) is 1. The van der Waals surface area contributed by atoms with Gasteiger partial charge in [-0.3, -0.25) is 9.69 Å². The van der Waals surface area contributed by atoms with Crippen molar-refractivity contribution in [3.05, 3.63) is 0 Å². The average molecular weight is 297 g/mol. The second kappa shape index (κ2) is 7.64. The van der Waals surface area contributed by atoms with Gasteiger partial charge in [0.25, 0.3) is 0 Å². The van der Waals surface area contributed by atoms with Crippen LogP contribution in [0, 0.1) is 0 Å². The Morgan fingerprint density at radius 3 is 2.62 bits per heavy atom. The molecule has 0 bridgehead atoms. The van der Waals surface area contributed by atoms with Crippen LogP contribution >= 0.6 is 0 Å². The molecule has 0 aromatic heterocycles. The molecule has 2 saturated heterocycles. The molecule has 2 heterocycles. The summed E-state index contributed by atoms with van der Waals surface area (Å²) in [5.41, 5.74) is 0. The maximum atomic E-state index is 12.4. The number of rotatable bonds is 4. The number of likely N-dealkylation sites (tertiary alicyclic amines) is 2. The smallest absolute Gasteiger partial charge is 0.407 e. The Labute approximate surface area is 126 Å². The van der Waals surface area contributed by atoms with Crippen LogP contribution in [0.15, 0.2) is 0 Å². The Morgan fingerprint density at radius 2 is 1.95 bits per heavy atom. The molecule has 2 aliphatic rings. The van der Waals surface area contributed by atoms with Crippen molar-refractivity contribution >= 4 is 12.0 Å². The molecule has 2 unspecified atom stereocenters. The van der Waals surface area contributed by atoms with Crippen molar-refractivity contribution in [3.8, 4) is 0 Å². The van der Waals surface area contributed by atoms with E-state index < -0.39 is 0 Å². The van der Waals surface area contributed by atoms with Crippen molar-refractivity contribution in [3.63, 3.8) is 0 Å². The Morgan fingerprint density at radius 1 is 1.24 bits per heavy atom. The summed E-state index contributed by atoms with van der Waals surface area (Å²) < 4.78 is 4.93. The molecule has 120 valence electrons. The van der Waals surface area contributed by atoms with Crippen LogP contribution < -0.4 is 5.32 Å². The van der Waals surface area contributed by atoms with Gasteiger partial charge in [-0.15, -0.1) is 0 Å². The van der Waals surface area contributed by atoms with Gasteiger partial charge in [0, 0.05) is 25.7 Å². The highest BCUT2D eigenvalue weighted by Crippen LogP contribution is 2.17. The molecule has 0 spiro atoms. The van der Waals surface area contributed by atoms with Gasteiger partial charge in [0.15, 0.2) is 0 Å². The van der Waals surface area contributed by atoms with Gasteiger partial charge in [-0.1, -0.05) is 0 Å². The molecule has 2 amide bonds. The number of alkyl carbamates (subject to hydrolysis) is 1. The van der Waals surface area contributed by atoms with E-state index in [4.69, 9.17) is 4.74 Å². The lowest BCUT2D eigenvalue weighted by molar-refractivity contribution is -0.135. The zero-order valence-electron chi connectivity index (χ0n) is 13.1. The number of nitrogens with one attached hydrogen (secondary N) is 1. The number of carbonyl (C=O) groups excluding carboxylic acids is 2. The minimum Gasteiger partial charge on any atom is -0.450 e. The number of carbonyl (C=O) groups is 2. The van der Waals surface area contributed by atoms with Gasteiger partial charge in [0.05, 0.1) is 12.6 Å². The zero-order chi connectivity index (χ0) is 15.2. The number of piperidine rings is 1. The van der Waals surface area contributed by atoms with Crippen molar-refractivity contribution in [2.24, 2.45) is 0 Å². The Hall–Kier alpha value is -1.30. The van der Waals surface area contributed by atoms with Gasteiger partial charge < -0.3 is 15.0 Å². The summed E-state index contributed by atoms with van der Waals surface area (Å²) in [7, 11) is 0. The third-order valence-corrected chi connectivity index (χ3v) is 4.37. The van der Waals surface area contributed by atoms with Crippen LogP contribution in [0.1, 0.15) is 39.5 Å². The average Bonchev–Trinajstić information content (AvgIpc) is 3.00. The molecular formula is C15H27N3O3. The Balaban J connectivity index is 1.84. The summed E-state index contributed by atoms with van der Waals surface area (Å²) in [4.78, 5) is 28.1. The van der Waals surface area contributed by atoms with Gasteiger partial charge >= 0.3 is 6.09 Å². The lowest BCUT2D eigenvalue weighted by Crippen LogP contribution is -2.54. The fourth-order valence-electron chi connectivity index (χ4n) is 3.17. The van der Waals surface area contributed by atoms with E-state index in [0.29, 0.717) is 6.61 Å². The second-order valence-electron chi connectivity index (χ2n) is 5.91. The number of hydrogen-bond acceptors (Lipinski definition) is 4. The van der Waals surface area contributed by atoms with Crippen molar-refractivity contribution in [1.82, 2.24) is 15.1 Å². The normalized spacial score (nSPS) is 24.7. The van der Waals surface area contributed by atoms with Gasteiger partial charge in [-0.2, -0.15) is 0 Å². The van der Waals surface area contributed by atoms with Crippen LogP contribution in [0.3, 0.4) is 0 Å². The van der Waals surface area contributed by atoms with E-state index in [9.17, 15) is 9.59 Å². The first-order valence-electron chi connectivity index (χ1n) is 8.08. The topological polar surface area (TPSA) is 61.9 Å². The minimum atomic E-state index is -0.358. The van der Waals surface area contributed by atoms with E-state index in [-0.39, 0.29) is 24.1 Å². The largest absolute Gasteiger partial charge is 0.450 e. The van der Waals surface area contributed by atoms with E-state index in [2.05, 4.69) is 10.2 Å². The first-order chi connectivity index (χ1) is 10.1. The molecule has 0 saturated carbocycles. The summed E-state index contributed by atoms with van der Waals surface area (Å²) in [6.07, 6.45) is 3.81. The highest BCUT2D eigenvalue weighted by Gasteiger charge is 2.31. The van der Waals surface area contributed by atoms with E-state index in [1.807, 2.05) is 11.8 Å². The number of nitrogens with zero attached hydrogens (tertiary/aromatic N) is 2. The summed E-state index contributed by atoms with van der Waals surface area (Å²) in [5, 5.41) is 2.89. The van der Waals surface area contributed by atoms with Crippen molar-refractivity contribution in [1.29, 1.82) is 0 Å². The van der Waals surface area contributed by atoms with Crippen molar-refractivity contribution in [2.45, 2.75) is 51.6 Å². The first-order valence-corrected chi connectivity index (χ1v) is 8.08. The van der Waals surface area contributed by atoms with Crippen LogP contribution in [0.2, 0.25) is 0 Å². The lowest BCUT2D eigenvalue weighted by Gasteiger charge is -2.37. The zero-order valence-corrected chi connectivity index (χ0v) is 13.1. The SMILES string of the molecule is CCOC(=O)NC1CCCN(C(C)C(=O)N2CCCC2)C1. The molecular weight excluding hydrogens is 270 g/mol. The van der Waals surface area contributed by atoms with Crippen molar-refractivity contribution < 1.29 is 14.3 Å². The fourth-order valence-corrected chi connectivity index (χ4v) is 3.17. The van der Waals surface area contributed by atoms with E-state index in [1.54, 1.807) is 6.92 Å². The molecule has 6 nitrogen and oxygen atoms in total. The molecule has 0 aromatic rings. The van der Waals surface area contributed by atoms with E-state index in [0.717, 1.165) is 51.9 Å². The van der Waals surface area contributed by atoms with E-state index in [1.165, 1.54) is 0 Å². The van der Waals surface area contributed by atoms with Gasteiger partial charge in [0.2, 0.25) is 5.91 Å². The maximum absolute atomic E-state index is 12.4. The second-order valence-corrected chi connectivity index (χ2v) is 5.91. The van der Waals surface area contributed by atoms with Gasteiger partial charge in [-0.25, -0.2) is 4.79 Å². The molecule has 21 heavy (non-hydrogen) atoms. The summed E-state index contributed by atoms with van der Waals surface area (Å²) in [6, 6.07) is -0.0264. The predicted octanol–water partition coefficient (Wildman–Crippen LogP) is 1.21. The van der Waals surface area contributed by atoms with Crippen LogP contribution in [-0.4, -0.2) is 66.7 Å². The highest BCUT2D eigenvalue weighted by atomic mass is 16.5. The third kappa shape index (κ3) is 4.33. The molecule has 2 fully saturated rings. The molecule has 0 aromatic carbocycles. The Kier molecular flexibility index (Phi) is 5.85. The van der Waals surface area contributed by atoms with E-state index >= 15 is 0 Å². The molecule has 0 aliphatic carbocycles. The Bertz CT molecular complexity index is 369. The quantitative estimate of drug-likeness (QED) is 0.847. The molecule has 2 atom stereocenters. The molecule has 2 rings (SSSR count). The van der Waals surface area contributed by atoms with Gasteiger partial charge in [0.1, 0.15) is 0 Å². The molecule has 0 radical (unpaired) electrons. The first kappa shape index (κ1) is 16.1. The highest BCUT2D eigenvalue weighted by molar-refractivity contribution is 5.81. The third-order valence-electron chi connectivity index (χ3n) is 4.37. The van der Waals surface area contributed by atoms with Gasteiger partial charge in [-0.05, 0) is 46.1 Å². The monoisotopic (exact) mass is 297 g/mol. The molecule has 2 aliphatic heterocycles. The molecule has 1 N–H and O–H groups in total. The summed E-state index contributed by atoms with van der Waals surface area (Å²) >= 11 is 0. The van der Waals surface area contributed by atoms with Crippen LogP contribution in [0.4, 0.5) is 4.79 Å². The maximum Gasteiger partial charge on any atom is 0.407 e. The predicted molar refractivity (Wildman–Crippen MR) is 80.0 cm³/mol.